The molecule has 2 aromatic carbocycles. The molecule has 0 heterocycles. The number of aryl methyl sites for hydroxylation is 1. The van der Waals surface area contributed by atoms with E-state index in [1.165, 1.54) is 0 Å². The van der Waals surface area contributed by atoms with Gasteiger partial charge in [-0.1, -0.05) is 29.4 Å². The van der Waals surface area contributed by atoms with E-state index >= 15 is 0 Å². The molecule has 110 valence electrons. The number of nitrogens with two attached hydrogens (primary N) is 1. The van der Waals surface area contributed by atoms with Gasteiger partial charge in [0.25, 0.3) is 0 Å². The maximum Gasteiger partial charge on any atom is 0.170 e. The number of oxime groups is 1. The summed E-state index contributed by atoms with van der Waals surface area (Å²) in [4.78, 5) is 0. The predicted molar refractivity (Wildman–Crippen MR) is 92.9 cm³/mol. The lowest BCUT2D eigenvalue weighted by atomic mass is 10.1. The Kier molecular flexibility index (Phi) is 5.25. The molecular formula is C15H15Br2N3O. The van der Waals surface area contributed by atoms with Crippen molar-refractivity contribution in [1.29, 1.82) is 0 Å². The van der Waals surface area contributed by atoms with E-state index in [0.29, 0.717) is 12.1 Å². The lowest BCUT2D eigenvalue weighted by molar-refractivity contribution is 0.318. The van der Waals surface area contributed by atoms with Crippen LogP contribution in [0.4, 0.5) is 5.69 Å². The van der Waals surface area contributed by atoms with Crippen LogP contribution in [-0.4, -0.2) is 11.0 Å². The average molecular weight is 413 g/mol. The van der Waals surface area contributed by atoms with Crippen LogP contribution in [0, 0.1) is 6.92 Å². The van der Waals surface area contributed by atoms with Gasteiger partial charge in [-0.25, -0.2) is 0 Å². The quantitative estimate of drug-likeness (QED) is 0.304. The molecule has 2 rings (SSSR count). The summed E-state index contributed by atoms with van der Waals surface area (Å²) in [5.41, 5.74) is 9.49. The predicted octanol–water partition coefficient (Wildman–Crippen LogP) is 4.23. The number of hydrogen-bond acceptors (Lipinski definition) is 3. The Balaban J connectivity index is 2.26. The normalized spacial score (nSPS) is 11.5. The summed E-state index contributed by atoms with van der Waals surface area (Å²) in [5, 5.41) is 15.3. The van der Waals surface area contributed by atoms with Gasteiger partial charge >= 0.3 is 0 Å². The molecule has 2 aromatic rings. The fraction of sp³-hybridized carbons (Fsp3) is 0.133. The fourth-order valence-electron chi connectivity index (χ4n) is 2.03. The molecule has 4 N–H and O–H groups in total. The van der Waals surface area contributed by atoms with Crippen LogP contribution in [0.5, 0.6) is 0 Å². The van der Waals surface area contributed by atoms with Crippen molar-refractivity contribution in [2.24, 2.45) is 10.9 Å². The van der Waals surface area contributed by atoms with E-state index in [9.17, 15) is 0 Å². The van der Waals surface area contributed by atoms with Crippen LogP contribution >= 0.6 is 31.9 Å². The van der Waals surface area contributed by atoms with Gasteiger partial charge in [0.2, 0.25) is 0 Å². The number of benzene rings is 2. The molecule has 6 heteroatoms. The monoisotopic (exact) mass is 411 g/mol. The van der Waals surface area contributed by atoms with Crippen LogP contribution in [0.3, 0.4) is 0 Å². The summed E-state index contributed by atoms with van der Waals surface area (Å²) in [5.74, 6) is 0.106. The highest BCUT2D eigenvalue weighted by Crippen LogP contribution is 2.32. The molecule has 0 aliphatic rings. The van der Waals surface area contributed by atoms with E-state index in [2.05, 4.69) is 42.3 Å². The van der Waals surface area contributed by atoms with E-state index in [4.69, 9.17) is 10.9 Å². The molecule has 0 saturated heterocycles. The molecule has 0 saturated carbocycles. The minimum atomic E-state index is 0.106. The van der Waals surface area contributed by atoms with Crippen LogP contribution in [-0.2, 0) is 6.54 Å². The zero-order chi connectivity index (χ0) is 15.4. The zero-order valence-electron chi connectivity index (χ0n) is 11.4. The van der Waals surface area contributed by atoms with Gasteiger partial charge < -0.3 is 16.3 Å². The maximum absolute atomic E-state index is 8.84. The topological polar surface area (TPSA) is 70.6 Å². The minimum absolute atomic E-state index is 0.106. The second-order valence-electron chi connectivity index (χ2n) is 4.60. The third kappa shape index (κ3) is 3.77. The average Bonchev–Trinajstić information content (AvgIpc) is 2.45. The summed E-state index contributed by atoms with van der Waals surface area (Å²) >= 11 is 7.10. The van der Waals surface area contributed by atoms with Crippen molar-refractivity contribution in [2.75, 3.05) is 5.32 Å². The number of hydrogen-bond donors (Lipinski definition) is 3. The Morgan fingerprint density at radius 1 is 1.24 bits per heavy atom. The Morgan fingerprint density at radius 2 is 1.86 bits per heavy atom. The van der Waals surface area contributed by atoms with Crippen molar-refractivity contribution < 1.29 is 5.21 Å². The molecule has 0 atom stereocenters. The largest absolute Gasteiger partial charge is 0.409 e. The van der Waals surface area contributed by atoms with E-state index in [1.807, 2.05) is 43.3 Å². The van der Waals surface area contributed by atoms with Crippen molar-refractivity contribution in [3.63, 3.8) is 0 Å². The van der Waals surface area contributed by atoms with Crippen LogP contribution in [0.1, 0.15) is 16.7 Å². The number of halogens is 2. The Labute approximate surface area is 140 Å². The lowest BCUT2D eigenvalue weighted by Gasteiger charge is -2.14. The molecule has 0 bridgehead atoms. The van der Waals surface area contributed by atoms with Gasteiger partial charge in [0.1, 0.15) is 0 Å². The van der Waals surface area contributed by atoms with Crippen molar-refractivity contribution in [3.05, 3.63) is 62.0 Å². The molecule has 0 fully saturated rings. The summed E-state index contributed by atoms with van der Waals surface area (Å²) in [7, 11) is 0. The van der Waals surface area contributed by atoms with Gasteiger partial charge in [-0.2, -0.15) is 0 Å². The number of anilines is 1. The van der Waals surface area contributed by atoms with E-state index in [1.54, 1.807) is 0 Å². The first-order chi connectivity index (χ1) is 10.0. The maximum atomic E-state index is 8.84. The first-order valence-electron chi connectivity index (χ1n) is 6.28. The van der Waals surface area contributed by atoms with Gasteiger partial charge in [0.05, 0.1) is 5.69 Å². The SMILES string of the molecule is Cc1cc(Br)c(NCc2ccccc2C(N)=NO)c(Br)c1. The van der Waals surface area contributed by atoms with Crippen molar-refractivity contribution in [1.82, 2.24) is 0 Å². The number of nitrogens with zero attached hydrogens (tertiary/aromatic N) is 1. The molecule has 0 unspecified atom stereocenters. The Bertz CT molecular complexity index is 663. The zero-order valence-corrected chi connectivity index (χ0v) is 14.6. The standard InChI is InChI=1S/C15H15Br2N3O/c1-9-6-12(16)14(13(17)7-9)19-8-10-4-2-3-5-11(10)15(18)20-21/h2-7,19,21H,8H2,1H3,(H2,18,20). The number of nitrogens with one attached hydrogen (secondary N) is 1. The molecule has 0 aliphatic carbocycles. The van der Waals surface area contributed by atoms with Gasteiger partial charge in [-0.3, -0.25) is 0 Å². The van der Waals surface area contributed by atoms with Crippen molar-refractivity contribution in [2.45, 2.75) is 13.5 Å². The summed E-state index contributed by atoms with van der Waals surface area (Å²) < 4.78 is 1.96. The van der Waals surface area contributed by atoms with Crippen LogP contribution in [0.25, 0.3) is 0 Å². The molecule has 0 amide bonds. The highest BCUT2D eigenvalue weighted by molar-refractivity contribution is 9.11. The molecule has 0 spiro atoms. The number of rotatable bonds is 4. The highest BCUT2D eigenvalue weighted by Gasteiger charge is 2.09. The van der Waals surface area contributed by atoms with Gasteiger partial charge in [0.15, 0.2) is 5.84 Å². The third-order valence-electron chi connectivity index (χ3n) is 3.04. The Morgan fingerprint density at radius 3 is 2.48 bits per heavy atom. The van der Waals surface area contributed by atoms with E-state index in [0.717, 1.165) is 25.8 Å². The van der Waals surface area contributed by atoms with Gasteiger partial charge in [-0.15, -0.1) is 0 Å². The summed E-state index contributed by atoms with van der Waals surface area (Å²) in [6, 6.07) is 11.6. The van der Waals surface area contributed by atoms with Crippen LogP contribution in [0.2, 0.25) is 0 Å². The highest BCUT2D eigenvalue weighted by atomic mass is 79.9. The van der Waals surface area contributed by atoms with Gasteiger partial charge in [0, 0.05) is 21.1 Å². The van der Waals surface area contributed by atoms with E-state index in [-0.39, 0.29) is 5.84 Å². The molecule has 0 aromatic heterocycles. The number of amidine groups is 1. The lowest BCUT2D eigenvalue weighted by Crippen LogP contribution is -2.16. The molecular weight excluding hydrogens is 398 g/mol. The molecule has 0 aliphatic heterocycles. The fourth-order valence-corrected chi connectivity index (χ4v) is 3.73. The first-order valence-corrected chi connectivity index (χ1v) is 7.87. The second-order valence-corrected chi connectivity index (χ2v) is 6.31. The summed E-state index contributed by atoms with van der Waals surface area (Å²) in [6.45, 7) is 2.60. The van der Waals surface area contributed by atoms with Crippen molar-refractivity contribution in [3.8, 4) is 0 Å². The second kappa shape index (κ2) is 6.95. The molecule has 21 heavy (non-hydrogen) atoms. The third-order valence-corrected chi connectivity index (χ3v) is 4.29. The van der Waals surface area contributed by atoms with E-state index < -0.39 is 0 Å². The van der Waals surface area contributed by atoms with Crippen LogP contribution < -0.4 is 11.1 Å². The molecule has 0 radical (unpaired) electrons. The van der Waals surface area contributed by atoms with Crippen molar-refractivity contribution >= 4 is 43.4 Å². The Hall–Kier alpha value is -1.53. The summed E-state index contributed by atoms with van der Waals surface area (Å²) in [6.07, 6.45) is 0. The minimum Gasteiger partial charge on any atom is -0.409 e. The smallest absolute Gasteiger partial charge is 0.170 e. The molecule has 4 nitrogen and oxygen atoms in total. The van der Waals surface area contributed by atoms with Crippen LogP contribution in [0.15, 0.2) is 50.5 Å². The first kappa shape index (κ1) is 15.9. The van der Waals surface area contributed by atoms with Gasteiger partial charge in [-0.05, 0) is 62.0 Å².